The van der Waals surface area contributed by atoms with E-state index in [9.17, 15) is 9.59 Å². The molecule has 4 aromatic rings. The molecule has 1 aliphatic rings. The second-order valence-electron chi connectivity index (χ2n) is 9.60. The summed E-state index contributed by atoms with van der Waals surface area (Å²) in [7, 11) is 0. The summed E-state index contributed by atoms with van der Waals surface area (Å²) < 4.78 is 6.83. The van der Waals surface area contributed by atoms with Gasteiger partial charge in [-0.05, 0) is 53.8 Å². The fourth-order valence-corrected chi connectivity index (χ4v) is 4.76. The zero-order valence-corrected chi connectivity index (χ0v) is 20.6. The SMILES string of the molecule is Cc1ccc(N2C(=O)c3oc4ccc(Br)cc4c(=O)c3C2c2ccc(C(C)(C)C)cc2)cc1. The fourth-order valence-electron chi connectivity index (χ4n) is 4.40. The van der Waals surface area contributed by atoms with Gasteiger partial charge in [0.1, 0.15) is 5.58 Å². The standard InChI is InChI=1S/C28H24BrNO3/c1-16-5-12-20(13-6-16)30-24(17-7-9-18(10-8-17)28(2,3)4)23-25(31)21-15-19(29)11-14-22(21)33-26(23)27(30)32/h5-15,24H,1-4H3. The Morgan fingerprint density at radius 1 is 0.909 bits per heavy atom. The number of anilines is 1. The predicted octanol–water partition coefficient (Wildman–Crippen LogP) is 6.91. The molecule has 0 bridgehead atoms. The van der Waals surface area contributed by atoms with Crippen molar-refractivity contribution in [1.29, 1.82) is 0 Å². The zero-order chi connectivity index (χ0) is 23.5. The Hall–Kier alpha value is -3.18. The van der Waals surface area contributed by atoms with Crippen LogP contribution in [0.25, 0.3) is 11.0 Å². The van der Waals surface area contributed by atoms with Gasteiger partial charge in [-0.15, -0.1) is 0 Å². The number of hydrogen-bond acceptors (Lipinski definition) is 3. The Morgan fingerprint density at radius 3 is 2.21 bits per heavy atom. The van der Waals surface area contributed by atoms with Crippen molar-refractivity contribution in [2.24, 2.45) is 0 Å². The van der Waals surface area contributed by atoms with Gasteiger partial charge in [-0.2, -0.15) is 0 Å². The lowest BCUT2D eigenvalue weighted by Gasteiger charge is -2.26. The normalized spacial score (nSPS) is 15.8. The summed E-state index contributed by atoms with van der Waals surface area (Å²) in [5.41, 5.74) is 4.49. The number of nitrogens with zero attached hydrogens (tertiary/aromatic N) is 1. The molecule has 166 valence electrons. The molecule has 5 heteroatoms. The summed E-state index contributed by atoms with van der Waals surface area (Å²) in [5, 5.41) is 0.456. The first-order valence-corrected chi connectivity index (χ1v) is 11.7. The Kier molecular flexibility index (Phi) is 5.05. The van der Waals surface area contributed by atoms with E-state index >= 15 is 0 Å². The lowest BCUT2D eigenvalue weighted by atomic mass is 9.86. The molecule has 0 radical (unpaired) electrons. The van der Waals surface area contributed by atoms with Crippen molar-refractivity contribution in [3.8, 4) is 0 Å². The average molecular weight is 502 g/mol. The van der Waals surface area contributed by atoms with Gasteiger partial charge in [-0.1, -0.05) is 78.7 Å². The number of rotatable bonds is 2. The van der Waals surface area contributed by atoms with Crippen LogP contribution in [-0.2, 0) is 5.41 Å². The van der Waals surface area contributed by atoms with Crippen molar-refractivity contribution in [2.45, 2.75) is 39.2 Å². The van der Waals surface area contributed by atoms with E-state index in [0.29, 0.717) is 16.5 Å². The van der Waals surface area contributed by atoms with Crippen LogP contribution in [0.5, 0.6) is 0 Å². The first kappa shape index (κ1) is 21.7. The molecule has 0 N–H and O–H groups in total. The van der Waals surface area contributed by atoms with E-state index in [4.69, 9.17) is 4.42 Å². The molecule has 0 saturated heterocycles. The number of fused-ring (bicyclic) bond motifs is 2. The Morgan fingerprint density at radius 2 is 1.58 bits per heavy atom. The highest BCUT2D eigenvalue weighted by molar-refractivity contribution is 9.10. The second-order valence-corrected chi connectivity index (χ2v) is 10.5. The Labute approximate surface area is 201 Å². The molecule has 1 aromatic heterocycles. The van der Waals surface area contributed by atoms with Crippen molar-refractivity contribution in [1.82, 2.24) is 0 Å². The molecule has 1 unspecified atom stereocenters. The number of amides is 1. The van der Waals surface area contributed by atoms with Crippen LogP contribution in [0.1, 0.15) is 59.6 Å². The molecule has 5 rings (SSSR count). The van der Waals surface area contributed by atoms with Crippen LogP contribution in [0.3, 0.4) is 0 Å². The molecule has 1 amide bonds. The third-order valence-corrected chi connectivity index (χ3v) is 6.73. The van der Waals surface area contributed by atoms with Gasteiger partial charge < -0.3 is 4.42 Å². The molecule has 0 spiro atoms. The largest absolute Gasteiger partial charge is 0.450 e. The zero-order valence-electron chi connectivity index (χ0n) is 19.0. The van der Waals surface area contributed by atoms with Crippen LogP contribution < -0.4 is 10.3 Å². The van der Waals surface area contributed by atoms with Crippen molar-refractivity contribution in [2.75, 3.05) is 4.90 Å². The van der Waals surface area contributed by atoms with E-state index in [-0.39, 0.29) is 22.5 Å². The minimum atomic E-state index is -0.566. The lowest BCUT2D eigenvalue weighted by Crippen LogP contribution is -2.29. The molecular formula is C28H24BrNO3. The van der Waals surface area contributed by atoms with Gasteiger partial charge >= 0.3 is 0 Å². The maximum absolute atomic E-state index is 13.7. The van der Waals surface area contributed by atoms with E-state index in [0.717, 1.165) is 21.3 Å². The summed E-state index contributed by atoms with van der Waals surface area (Å²) in [6.07, 6.45) is 0. The van der Waals surface area contributed by atoms with Crippen LogP contribution in [0, 0.1) is 6.92 Å². The highest BCUT2D eigenvalue weighted by atomic mass is 79.9. The number of aryl methyl sites for hydroxylation is 1. The van der Waals surface area contributed by atoms with Crippen molar-refractivity contribution in [3.63, 3.8) is 0 Å². The van der Waals surface area contributed by atoms with Crippen LogP contribution in [0.15, 0.2) is 80.4 Å². The van der Waals surface area contributed by atoms with Crippen molar-refractivity contribution < 1.29 is 9.21 Å². The summed E-state index contributed by atoms with van der Waals surface area (Å²) in [6.45, 7) is 8.48. The first-order chi connectivity index (χ1) is 15.6. The van der Waals surface area contributed by atoms with Crippen LogP contribution in [0.2, 0.25) is 0 Å². The Bertz CT molecular complexity index is 1440. The van der Waals surface area contributed by atoms with Gasteiger partial charge in [-0.25, -0.2) is 0 Å². The summed E-state index contributed by atoms with van der Waals surface area (Å²) in [6, 6.07) is 20.6. The summed E-state index contributed by atoms with van der Waals surface area (Å²) >= 11 is 3.44. The van der Waals surface area contributed by atoms with Gasteiger partial charge in [0.2, 0.25) is 5.76 Å². The highest BCUT2D eigenvalue weighted by Gasteiger charge is 2.43. The van der Waals surface area contributed by atoms with E-state index in [1.54, 1.807) is 23.1 Å². The van der Waals surface area contributed by atoms with Gasteiger partial charge in [0.05, 0.1) is 17.0 Å². The van der Waals surface area contributed by atoms with Crippen molar-refractivity contribution in [3.05, 3.63) is 109 Å². The monoisotopic (exact) mass is 501 g/mol. The smallest absolute Gasteiger partial charge is 0.295 e. The third-order valence-electron chi connectivity index (χ3n) is 6.24. The minimum Gasteiger partial charge on any atom is -0.450 e. The van der Waals surface area contributed by atoms with E-state index < -0.39 is 6.04 Å². The molecular weight excluding hydrogens is 478 g/mol. The lowest BCUT2D eigenvalue weighted by molar-refractivity contribution is 0.0971. The fraction of sp³-hybridized carbons (Fsp3) is 0.214. The van der Waals surface area contributed by atoms with E-state index in [2.05, 4.69) is 48.8 Å². The summed E-state index contributed by atoms with van der Waals surface area (Å²) in [4.78, 5) is 29.0. The number of hydrogen-bond donors (Lipinski definition) is 0. The maximum atomic E-state index is 13.7. The number of benzene rings is 3. The molecule has 1 aliphatic heterocycles. The third kappa shape index (κ3) is 3.61. The molecule has 2 heterocycles. The maximum Gasteiger partial charge on any atom is 0.295 e. The van der Waals surface area contributed by atoms with Gasteiger partial charge in [-0.3, -0.25) is 14.5 Å². The molecule has 0 fully saturated rings. The molecule has 0 saturated carbocycles. The molecule has 0 aliphatic carbocycles. The molecule has 1 atom stereocenters. The highest BCUT2D eigenvalue weighted by Crippen LogP contribution is 2.41. The van der Waals surface area contributed by atoms with Gasteiger partial charge in [0, 0.05) is 10.2 Å². The van der Waals surface area contributed by atoms with Crippen LogP contribution in [-0.4, -0.2) is 5.91 Å². The van der Waals surface area contributed by atoms with E-state index in [1.165, 1.54) is 5.56 Å². The molecule has 33 heavy (non-hydrogen) atoms. The van der Waals surface area contributed by atoms with Gasteiger partial charge in [0.25, 0.3) is 5.91 Å². The van der Waals surface area contributed by atoms with Crippen molar-refractivity contribution >= 4 is 38.5 Å². The van der Waals surface area contributed by atoms with Crippen LogP contribution in [0.4, 0.5) is 5.69 Å². The predicted molar refractivity (Wildman–Crippen MR) is 135 cm³/mol. The number of halogens is 1. The number of carbonyl (C=O) groups is 1. The number of carbonyl (C=O) groups excluding carboxylic acids is 1. The van der Waals surface area contributed by atoms with Gasteiger partial charge in [0.15, 0.2) is 5.43 Å². The molecule has 4 nitrogen and oxygen atoms in total. The Balaban J connectivity index is 1.77. The average Bonchev–Trinajstić information content (AvgIpc) is 3.07. The summed E-state index contributed by atoms with van der Waals surface area (Å²) in [5.74, 6) is -0.194. The van der Waals surface area contributed by atoms with E-state index in [1.807, 2.05) is 43.3 Å². The quantitative estimate of drug-likeness (QED) is 0.299. The van der Waals surface area contributed by atoms with Crippen LogP contribution >= 0.6 is 15.9 Å². The minimum absolute atomic E-state index is 0.0000830. The molecule has 3 aromatic carbocycles. The first-order valence-electron chi connectivity index (χ1n) is 10.9. The second kappa shape index (κ2) is 7.70. The topological polar surface area (TPSA) is 50.5 Å².